The Morgan fingerprint density at radius 1 is 1.33 bits per heavy atom. The minimum Gasteiger partial charge on any atom is -0.380 e. The van der Waals surface area contributed by atoms with Gasteiger partial charge in [-0.2, -0.15) is 0 Å². The summed E-state index contributed by atoms with van der Waals surface area (Å²) in [6, 6.07) is 9.91. The van der Waals surface area contributed by atoms with E-state index in [-0.39, 0.29) is 18.1 Å². The van der Waals surface area contributed by atoms with Crippen molar-refractivity contribution in [1.29, 1.82) is 0 Å². The molecule has 0 aromatic heterocycles. The molecule has 1 N–H and O–H groups in total. The molecule has 1 fully saturated rings. The molecule has 1 aliphatic rings. The Morgan fingerprint density at radius 2 is 2.06 bits per heavy atom. The van der Waals surface area contributed by atoms with E-state index in [1.54, 1.807) is 0 Å². The van der Waals surface area contributed by atoms with E-state index in [0.29, 0.717) is 19.8 Å². The molecule has 1 aliphatic heterocycles. The van der Waals surface area contributed by atoms with Gasteiger partial charge in [0.2, 0.25) is 5.91 Å². The second-order valence-corrected chi connectivity index (χ2v) is 4.43. The van der Waals surface area contributed by atoms with Crippen molar-refractivity contribution >= 4 is 5.91 Å². The van der Waals surface area contributed by atoms with Crippen LogP contribution in [0.3, 0.4) is 0 Å². The molecule has 1 saturated heterocycles. The SMILES string of the molecule is CCOCCN1C(=O)C(C)NC1c1ccccc1. The summed E-state index contributed by atoms with van der Waals surface area (Å²) >= 11 is 0. The summed E-state index contributed by atoms with van der Waals surface area (Å²) in [5.74, 6) is 0.142. The smallest absolute Gasteiger partial charge is 0.241 e. The molecular formula is C14H20N2O2. The number of carbonyl (C=O) groups excluding carboxylic acids is 1. The highest BCUT2D eigenvalue weighted by atomic mass is 16.5. The molecule has 0 saturated carbocycles. The zero-order chi connectivity index (χ0) is 13.0. The number of hydrogen-bond donors (Lipinski definition) is 1. The average Bonchev–Trinajstić information content (AvgIpc) is 2.68. The lowest BCUT2D eigenvalue weighted by Crippen LogP contribution is -2.33. The monoisotopic (exact) mass is 248 g/mol. The molecule has 0 aliphatic carbocycles. The highest BCUT2D eigenvalue weighted by Gasteiger charge is 2.36. The van der Waals surface area contributed by atoms with Crippen LogP contribution in [0.4, 0.5) is 0 Å². The van der Waals surface area contributed by atoms with Crippen LogP contribution in [0.2, 0.25) is 0 Å². The third kappa shape index (κ3) is 2.71. The van der Waals surface area contributed by atoms with Gasteiger partial charge in [-0.25, -0.2) is 0 Å². The quantitative estimate of drug-likeness (QED) is 0.804. The van der Waals surface area contributed by atoms with Crippen molar-refractivity contribution < 1.29 is 9.53 Å². The van der Waals surface area contributed by atoms with E-state index in [4.69, 9.17) is 4.74 Å². The van der Waals surface area contributed by atoms with Gasteiger partial charge < -0.3 is 9.64 Å². The third-order valence-electron chi connectivity index (χ3n) is 3.17. The van der Waals surface area contributed by atoms with Gasteiger partial charge in [-0.3, -0.25) is 10.1 Å². The van der Waals surface area contributed by atoms with E-state index in [2.05, 4.69) is 5.32 Å². The fraction of sp³-hybridized carbons (Fsp3) is 0.500. The van der Waals surface area contributed by atoms with Gasteiger partial charge in [-0.15, -0.1) is 0 Å². The largest absolute Gasteiger partial charge is 0.380 e. The third-order valence-corrected chi connectivity index (χ3v) is 3.17. The minimum atomic E-state index is -0.128. The molecule has 4 heteroatoms. The number of nitrogens with one attached hydrogen (secondary N) is 1. The maximum absolute atomic E-state index is 12.1. The summed E-state index contributed by atoms with van der Waals surface area (Å²) in [5, 5.41) is 3.32. The van der Waals surface area contributed by atoms with Gasteiger partial charge in [0.05, 0.1) is 12.6 Å². The first-order valence-corrected chi connectivity index (χ1v) is 6.43. The summed E-state index contributed by atoms with van der Waals surface area (Å²) in [4.78, 5) is 13.9. The number of carbonyl (C=O) groups is 1. The fourth-order valence-electron chi connectivity index (χ4n) is 2.23. The van der Waals surface area contributed by atoms with Crippen LogP contribution in [0.5, 0.6) is 0 Å². The Hall–Kier alpha value is -1.39. The van der Waals surface area contributed by atoms with Crippen LogP contribution in [-0.2, 0) is 9.53 Å². The van der Waals surface area contributed by atoms with E-state index in [9.17, 15) is 4.79 Å². The summed E-state index contributed by atoms with van der Waals surface area (Å²) in [6.45, 7) is 5.75. The van der Waals surface area contributed by atoms with Crippen LogP contribution in [0.15, 0.2) is 30.3 Å². The lowest BCUT2D eigenvalue weighted by Gasteiger charge is -2.24. The summed E-state index contributed by atoms with van der Waals surface area (Å²) < 4.78 is 5.34. The van der Waals surface area contributed by atoms with E-state index < -0.39 is 0 Å². The fourth-order valence-corrected chi connectivity index (χ4v) is 2.23. The molecule has 0 spiro atoms. The van der Waals surface area contributed by atoms with Gasteiger partial charge in [0.15, 0.2) is 0 Å². The van der Waals surface area contributed by atoms with E-state index >= 15 is 0 Å². The second-order valence-electron chi connectivity index (χ2n) is 4.43. The number of benzene rings is 1. The maximum atomic E-state index is 12.1. The zero-order valence-electron chi connectivity index (χ0n) is 10.9. The predicted octanol–water partition coefficient (Wildman–Crippen LogP) is 1.54. The van der Waals surface area contributed by atoms with Crippen LogP contribution >= 0.6 is 0 Å². The van der Waals surface area contributed by atoms with E-state index in [1.807, 2.05) is 49.1 Å². The summed E-state index contributed by atoms with van der Waals surface area (Å²) in [5.41, 5.74) is 1.12. The number of rotatable bonds is 5. The summed E-state index contributed by atoms with van der Waals surface area (Å²) in [6.07, 6.45) is -0.0332. The lowest BCUT2D eigenvalue weighted by atomic mass is 10.1. The van der Waals surface area contributed by atoms with Crippen molar-refractivity contribution in [1.82, 2.24) is 10.2 Å². The average molecular weight is 248 g/mol. The van der Waals surface area contributed by atoms with Crippen molar-refractivity contribution in [3.05, 3.63) is 35.9 Å². The van der Waals surface area contributed by atoms with Gasteiger partial charge in [0, 0.05) is 13.2 Å². The van der Waals surface area contributed by atoms with Crippen molar-refractivity contribution in [3.63, 3.8) is 0 Å². The van der Waals surface area contributed by atoms with Crippen molar-refractivity contribution in [2.24, 2.45) is 0 Å². The molecule has 2 unspecified atom stereocenters. The first-order valence-electron chi connectivity index (χ1n) is 6.43. The number of hydrogen-bond acceptors (Lipinski definition) is 3. The lowest BCUT2D eigenvalue weighted by molar-refractivity contribution is -0.130. The van der Waals surface area contributed by atoms with Crippen LogP contribution in [-0.4, -0.2) is 36.6 Å². The normalized spacial score (nSPS) is 23.7. The Balaban J connectivity index is 2.10. The molecule has 2 rings (SSSR count). The molecule has 98 valence electrons. The van der Waals surface area contributed by atoms with Gasteiger partial charge in [0.1, 0.15) is 6.17 Å². The highest BCUT2D eigenvalue weighted by molar-refractivity contribution is 5.84. The Morgan fingerprint density at radius 3 is 2.72 bits per heavy atom. The van der Waals surface area contributed by atoms with Crippen LogP contribution in [0, 0.1) is 0 Å². The zero-order valence-corrected chi connectivity index (χ0v) is 10.9. The van der Waals surface area contributed by atoms with Gasteiger partial charge >= 0.3 is 0 Å². The Kier molecular flexibility index (Phi) is 4.33. The number of amides is 1. The highest BCUT2D eigenvalue weighted by Crippen LogP contribution is 2.24. The molecule has 1 heterocycles. The number of nitrogens with zero attached hydrogens (tertiary/aromatic N) is 1. The molecule has 0 radical (unpaired) electrons. The molecule has 2 atom stereocenters. The molecular weight excluding hydrogens is 228 g/mol. The second kappa shape index (κ2) is 5.98. The Labute approximate surface area is 108 Å². The van der Waals surface area contributed by atoms with Crippen LogP contribution in [0.25, 0.3) is 0 Å². The van der Waals surface area contributed by atoms with E-state index in [0.717, 1.165) is 5.56 Å². The molecule has 0 bridgehead atoms. The molecule has 1 aromatic carbocycles. The van der Waals surface area contributed by atoms with Crippen molar-refractivity contribution in [2.45, 2.75) is 26.1 Å². The van der Waals surface area contributed by atoms with Crippen molar-refractivity contribution in [2.75, 3.05) is 19.8 Å². The summed E-state index contributed by atoms with van der Waals surface area (Å²) in [7, 11) is 0. The van der Waals surface area contributed by atoms with Crippen LogP contribution < -0.4 is 5.32 Å². The van der Waals surface area contributed by atoms with Gasteiger partial charge in [0.25, 0.3) is 0 Å². The molecule has 18 heavy (non-hydrogen) atoms. The maximum Gasteiger partial charge on any atom is 0.241 e. The van der Waals surface area contributed by atoms with E-state index in [1.165, 1.54) is 0 Å². The topological polar surface area (TPSA) is 41.6 Å². The van der Waals surface area contributed by atoms with Crippen LogP contribution in [0.1, 0.15) is 25.6 Å². The van der Waals surface area contributed by atoms with Crippen molar-refractivity contribution in [3.8, 4) is 0 Å². The number of ether oxygens (including phenoxy) is 1. The standard InChI is InChI=1S/C14H20N2O2/c1-3-18-10-9-16-13(15-11(2)14(16)17)12-7-5-4-6-8-12/h4-8,11,13,15H,3,9-10H2,1-2H3. The Bertz CT molecular complexity index is 394. The predicted molar refractivity (Wildman–Crippen MR) is 70.0 cm³/mol. The molecule has 1 aromatic rings. The van der Waals surface area contributed by atoms with Gasteiger partial charge in [-0.1, -0.05) is 30.3 Å². The first kappa shape index (κ1) is 13.1. The molecule has 1 amide bonds. The minimum absolute atomic E-state index is 0.0332. The first-order chi connectivity index (χ1) is 8.74. The molecule has 4 nitrogen and oxygen atoms in total. The van der Waals surface area contributed by atoms with Gasteiger partial charge in [-0.05, 0) is 19.4 Å².